The highest BCUT2D eigenvalue weighted by atomic mass is 35.5. The van der Waals surface area contributed by atoms with Crippen LogP contribution in [-0.4, -0.2) is 23.7 Å². The second-order valence-electron chi connectivity index (χ2n) is 3.89. The van der Waals surface area contributed by atoms with E-state index in [-0.39, 0.29) is 5.97 Å². The molecule has 0 aliphatic heterocycles. The van der Waals surface area contributed by atoms with Gasteiger partial charge in [-0.15, -0.1) is 0 Å². The Kier molecular flexibility index (Phi) is 3.89. The lowest BCUT2D eigenvalue weighted by atomic mass is 10.2. The van der Waals surface area contributed by atoms with Gasteiger partial charge in [-0.3, -0.25) is 0 Å². The summed E-state index contributed by atoms with van der Waals surface area (Å²) in [5, 5.41) is 1.59. The topological polar surface area (TPSA) is 57.2 Å². The summed E-state index contributed by atoms with van der Waals surface area (Å²) >= 11 is 5.98. The number of hydrogen-bond donors (Lipinski definition) is 1. The van der Waals surface area contributed by atoms with Gasteiger partial charge in [-0.25, -0.2) is 4.79 Å². The quantitative estimate of drug-likeness (QED) is 0.865. The standard InChI is InChI=1S/C13H15ClN2O2/c1-2-18-13(17)12-7-9-3-4-10(14)8-11(9)16(12)6-5-15/h3-4,7-8H,2,5-6,15H2,1H3. The number of carbonyl (C=O) groups excluding carboxylic acids is 1. The lowest BCUT2D eigenvalue weighted by molar-refractivity contribution is 0.0514. The van der Waals surface area contributed by atoms with Crippen LogP contribution in [0, 0.1) is 0 Å². The molecule has 1 aromatic heterocycles. The van der Waals surface area contributed by atoms with Gasteiger partial charge in [0, 0.05) is 23.5 Å². The fourth-order valence-electron chi connectivity index (χ4n) is 1.97. The predicted octanol–water partition coefficient (Wildman–Crippen LogP) is 2.43. The zero-order valence-electron chi connectivity index (χ0n) is 10.1. The Morgan fingerprint density at radius 3 is 2.89 bits per heavy atom. The minimum Gasteiger partial charge on any atom is -0.461 e. The van der Waals surface area contributed by atoms with Gasteiger partial charge in [0.25, 0.3) is 0 Å². The third-order valence-electron chi connectivity index (χ3n) is 2.70. The fraction of sp³-hybridized carbons (Fsp3) is 0.308. The Labute approximate surface area is 110 Å². The number of fused-ring (bicyclic) bond motifs is 1. The van der Waals surface area contributed by atoms with Crippen molar-refractivity contribution in [3.05, 3.63) is 35.0 Å². The molecular formula is C13H15ClN2O2. The molecule has 0 saturated heterocycles. The Balaban J connectivity index is 2.57. The number of nitrogens with two attached hydrogens (primary N) is 1. The van der Waals surface area contributed by atoms with Gasteiger partial charge in [0.15, 0.2) is 0 Å². The minimum atomic E-state index is -0.335. The van der Waals surface area contributed by atoms with Gasteiger partial charge in [-0.05, 0) is 25.1 Å². The highest BCUT2D eigenvalue weighted by molar-refractivity contribution is 6.31. The fourth-order valence-corrected chi connectivity index (χ4v) is 2.14. The Morgan fingerprint density at radius 1 is 1.44 bits per heavy atom. The summed E-state index contributed by atoms with van der Waals surface area (Å²) in [6.45, 7) is 3.13. The maximum absolute atomic E-state index is 11.9. The molecule has 1 aromatic carbocycles. The third-order valence-corrected chi connectivity index (χ3v) is 2.94. The molecular weight excluding hydrogens is 252 g/mol. The van der Waals surface area contributed by atoms with Crippen LogP contribution in [0.5, 0.6) is 0 Å². The first-order valence-corrected chi connectivity index (χ1v) is 6.21. The molecule has 5 heteroatoms. The second kappa shape index (κ2) is 5.42. The maximum atomic E-state index is 11.9. The van der Waals surface area contributed by atoms with Crippen LogP contribution in [0.3, 0.4) is 0 Å². The van der Waals surface area contributed by atoms with Crippen molar-refractivity contribution in [1.29, 1.82) is 0 Å². The van der Waals surface area contributed by atoms with Crippen molar-refractivity contribution >= 4 is 28.5 Å². The van der Waals surface area contributed by atoms with Crippen LogP contribution in [0.25, 0.3) is 10.9 Å². The molecule has 0 radical (unpaired) electrons. The molecule has 0 aliphatic rings. The van der Waals surface area contributed by atoms with Crippen molar-refractivity contribution < 1.29 is 9.53 Å². The van der Waals surface area contributed by atoms with E-state index in [4.69, 9.17) is 22.1 Å². The number of hydrogen-bond acceptors (Lipinski definition) is 3. The van der Waals surface area contributed by atoms with Crippen LogP contribution in [0.15, 0.2) is 24.3 Å². The van der Waals surface area contributed by atoms with Crippen molar-refractivity contribution in [3.63, 3.8) is 0 Å². The number of ether oxygens (including phenoxy) is 1. The molecule has 18 heavy (non-hydrogen) atoms. The van der Waals surface area contributed by atoms with Crippen LogP contribution in [0.2, 0.25) is 5.02 Å². The molecule has 4 nitrogen and oxygen atoms in total. The second-order valence-corrected chi connectivity index (χ2v) is 4.33. The average molecular weight is 267 g/mol. The van der Waals surface area contributed by atoms with E-state index in [2.05, 4.69) is 0 Å². The van der Waals surface area contributed by atoms with E-state index in [1.54, 1.807) is 19.1 Å². The van der Waals surface area contributed by atoms with E-state index >= 15 is 0 Å². The molecule has 0 amide bonds. The van der Waals surface area contributed by atoms with E-state index in [0.717, 1.165) is 10.9 Å². The summed E-state index contributed by atoms with van der Waals surface area (Å²) in [6.07, 6.45) is 0. The number of nitrogens with zero attached hydrogens (tertiary/aromatic N) is 1. The molecule has 1 heterocycles. The monoisotopic (exact) mass is 266 g/mol. The molecule has 0 aliphatic carbocycles. The van der Waals surface area contributed by atoms with Crippen LogP contribution in [-0.2, 0) is 11.3 Å². The molecule has 0 bridgehead atoms. The Bertz CT molecular complexity index is 578. The summed E-state index contributed by atoms with van der Waals surface area (Å²) < 4.78 is 6.89. The molecule has 0 atom stereocenters. The van der Waals surface area contributed by atoms with Crippen molar-refractivity contribution in [2.24, 2.45) is 5.73 Å². The van der Waals surface area contributed by atoms with Gasteiger partial charge in [0.1, 0.15) is 5.69 Å². The zero-order chi connectivity index (χ0) is 13.1. The summed E-state index contributed by atoms with van der Waals surface area (Å²) in [4.78, 5) is 11.9. The SMILES string of the molecule is CCOC(=O)c1cc2ccc(Cl)cc2n1CCN. The van der Waals surface area contributed by atoms with Gasteiger partial charge in [-0.2, -0.15) is 0 Å². The Morgan fingerprint density at radius 2 is 2.22 bits per heavy atom. The van der Waals surface area contributed by atoms with Gasteiger partial charge >= 0.3 is 5.97 Å². The first kappa shape index (κ1) is 12.9. The third kappa shape index (κ3) is 2.35. The lowest BCUT2D eigenvalue weighted by Gasteiger charge is -2.08. The largest absolute Gasteiger partial charge is 0.461 e. The zero-order valence-corrected chi connectivity index (χ0v) is 10.9. The summed E-state index contributed by atoms with van der Waals surface area (Å²) in [7, 11) is 0. The van der Waals surface area contributed by atoms with Crippen LogP contribution >= 0.6 is 11.6 Å². The molecule has 0 unspecified atom stereocenters. The molecule has 96 valence electrons. The number of esters is 1. The van der Waals surface area contributed by atoms with Crippen molar-refractivity contribution in [3.8, 4) is 0 Å². The number of aromatic nitrogens is 1. The minimum absolute atomic E-state index is 0.335. The van der Waals surface area contributed by atoms with E-state index < -0.39 is 0 Å². The molecule has 2 N–H and O–H groups in total. The first-order valence-electron chi connectivity index (χ1n) is 5.83. The first-order chi connectivity index (χ1) is 8.67. The summed E-state index contributed by atoms with van der Waals surface area (Å²) in [5.41, 5.74) is 7.00. The van der Waals surface area contributed by atoms with E-state index in [1.807, 2.05) is 16.7 Å². The lowest BCUT2D eigenvalue weighted by Crippen LogP contribution is -2.16. The number of benzene rings is 1. The van der Waals surface area contributed by atoms with E-state index in [9.17, 15) is 4.79 Å². The highest BCUT2D eigenvalue weighted by Crippen LogP contribution is 2.24. The predicted molar refractivity (Wildman–Crippen MR) is 72.0 cm³/mol. The molecule has 2 rings (SSSR count). The number of rotatable bonds is 4. The normalized spacial score (nSPS) is 10.8. The van der Waals surface area contributed by atoms with Gasteiger partial charge in [0.2, 0.25) is 0 Å². The van der Waals surface area contributed by atoms with Crippen molar-refractivity contribution in [2.75, 3.05) is 13.2 Å². The molecule has 0 fully saturated rings. The van der Waals surface area contributed by atoms with Gasteiger partial charge < -0.3 is 15.0 Å². The molecule has 2 aromatic rings. The van der Waals surface area contributed by atoms with Crippen LogP contribution in [0.4, 0.5) is 0 Å². The number of carbonyl (C=O) groups is 1. The summed E-state index contributed by atoms with van der Waals surface area (Å²) in [5.74, 6) is -0.335. The van der Waals surface area contributed by atoms with Crippen LogP contribution in [0.1, 0.15) is 17.4 Å². The average Bonchev–Trinajstić information content (AvgIpc) is 2.69. The molecule has 0 saturated carbocycles. The van der Waals surface area contributed by atoms with Crippen LogP contribution < -0.4 is 5.73 Å². The van der Waals surface area contributed by atoms with E-state index in [0.29, 0.717) is 30.4 Å². The highest BCUT2D eigenvalue weighted by Gasteiger charge is 2.16. The van der Waals surface area contributed by atoms with Gasteiger partial charge in [0.05, 0.1) is 12.1 Å². The van der Waals surface area contributed by atoms with E-state index in [1.165, 1.54) is 0 Å². The molecule has 0 spiro atoms. The van der Waals surface area contributed by atoms with Crippen molar-refractivity contribution in [1.82, 2.24) is 4.57 Å². The Hall–Kier alpha value is -1.52. The smallest absolute Gasteiger partial charge is 0.354 e. The number of halogens is 1. The van der Waals surface area contributed by atoms with Crippen molar-refractivity contribution in [2.45, 2.75) is 13.5 Å². The maximum Gasteiger partial charge on any atom is 0.354 e. The van der Waals surface area contributed by atoms with Gasteiger partial charge in [-0.1, -0.05) is 17.7 Å². The summed E-state index contributed by atoms with van der Waals surface area (Å²) in [6, 6.07) is 7.31.